The number of nitro benzene ring substituents is 1. The third kappa shape index (κ3) is 2.92. The van der Waals surface area contributed by atoms with E-state index < -0.39 is 14.9 Å². The Balaban J connectivity index is 2.41. The maximum Gasteiger partial charge on any atom is 0.273 e. The summed E-state index contributed by atoms with van der Waals surface area (Å²) in [5.74, 6) is 0.0625. The van der Waals surface area contributed by atoms with E-state index in [9.17, 15) is 18.5 Å². The van der Waals surface area contributed by atoms with E-state index in [2.05, 4.69) is 0 Å². The molecular weight excluding hydrogens is 294 g/mol. The molecule has 2 rings (SSSR count). The molecule has 2 N–H and O–H groups in total. The van der Waals surface area contributed by atoms with Crippen LogP contribution in [0, 0.1) is 23.0 Å². The molecule has 0 bridgehead atoms. The molecule has 2 atom stereocenters. The van der Waals surface area contributed by atoms with E-state index in [0.29, 0.717) is 19.5 Å². The third-order valence-electron chi connectivity index (χ3n) is 4.00. The van der Waals surface area contributed by atoms with Crippen LogP contribution < -0.4 is 5.73 Å². The number of nitrogens with zero attached hydrogens (tertiary/aromatic N) is 2. The second-order valence-corrected chi connectivity index (χ2v) is 7.36. The Kier molecular flexibility index (Phi) is 4.31. The van der Waals surface area contributed by atoms with Crippen molar-refractivity contribution in [2.45, 2.75) is 31.2 Å². The molecule has 1 aliphatic rings. The topological polar surface area (TPSA) is 107 Å². The molecule has 1 aromatic carbocycles. The summed E-state index contributed by atoms with van der Waals surface area (Å²) in [7, 11) is -3.73. The molecule has 7 nitrogen and oxygen atoms in total. The highest BCUT2D eigenvalue weighted by Crippen LogP contribution is 2.29. The summed E-state index contributed by atoms with van der Waals surface area (Å²) >= 11 is 0. The van der Waals surface area contributed by atoms with Crippen LogP contribution in [0.4, 0.5) is 5.69 Å². The fraction of sp³-hybridized carbons (Fsp3) is 0.538. The summed E-state index contributed by atoms with van der Waals surface area (Å²) in [4.78, 5) is 10.4. The van der Waals surface area contributed by atoms with Crippen LogP contribution in [0.2, 0.25) is 0 Å². The molecule has 0 saturated carbocycles. The predicted octanol–water partition coefficient (Wildman–Crippen LogP) is 1.26. The fourth-order valence-corrected chi connectivity index (χ4v) is 4.36. The average Bonchev–Trinajstić information content (AvgIpc) is 2.41. The van der Waals surface area contributed by atoms with Gasteiger partial charge in [0.1, 0.15) is 0 Å². The number of nitro groups is 1. The molecule has 1 saturated heterocycles. The molecule has 0 amide bonds. The molecule has 1 aromatic rings. The van der Waals surface area contributed by atoms with E-state index >= 15 is 0 Å². The monoisotopic (exact) mass is 313 g/mol. The van der Waals surface area contributed by atoms with Crippen molar-refractivity contribution in [2.75, 3.05) is 13.1 Å². The van der Waals surface area contributed by atoms with Gasteiger partial charge in [0.05, 0.1) is 9.82 Å². The van der Waals surface area contributed by atoms with Crippen molar-refractivity contribution in [3.63, 3.8) is 0 Å². The van der Waals surface area contributed by atoms with Crippen LogP contribution in [-0.2, 0) is 10.0 Å². The molecular formula is C13H19N3O4S. The molecule has 0 radical (unpaired) electrons. The molecule has 1 heterocycles. The van der Waals surface area contributed by atoms with E-state index in [4.69, 9.17) is 5.73 Å². The molecule has 8 heteroatoms. The second kappa shape index (κ2) is 5.70. The Labute approximate surface area is 123 Å². The van der Waals surface area contributed by atoms with Crippen LogP contribution in [-0.4, -0.2) is 36.8 Å². The lowest BCUT2D eigenvalue weighted by atomic mass is 9.96. The summed E-state index contributed by atoms with van der Waals surface area (Å²) in [6, 6.07) is 4.11. The summed E-state index contributed by atoms with van der Waals surface area (Å²) in [6.45, 7) is 4.05. The number of sulfonamides is 1. The zero-order chi connectivity index (χ0) is 15.8. The fourth-order valence-electron chi connectivity index (χ4n) is 2.56. The van der Waals surface area contributed by atoms with Crippen LogP contribution in [0.3, 0.4) is 0 Å². The van der Waals surface area contributed by atoms with Gasteiger partial charge in [-0.15, -0.1) is 0 Å². The molecule has 2 unspecified atom stereocenters. The normalized spacial score (nSPS) is 24.0. The van der Waals surface area contributed by atoms with Crippen molar-refractivity contribution in [1.29, 1.82) is 0 Å². The van der Waals surface area contributed by atoms with Gasteiger partial charge in [0, 0.05) is 30.8 Å². The minimum atomic E-state index is -3.73. The van der Waals surface area contributed by atoms with E-state index in [0.717, 1.165) is 0 Å². The van der Waals surface area contributed by atoms with Gasteiger partial charge in [0.15, 0.2) is 0 Å². The van der Waals surface area contributed by atoms with E-state index in [-0.39, 0.29) is 28.1 Å². The summed E-state index contributed by atoms with van der Waals surface area (Å²) in [5, 5.41) is 11.0. The minimum absolute atomic E-state index is 0.000582. The zero-order valence-electron chi connectivity index (χ0n) is 12.0. The Morgan fingerprint density at radius 3 is 2.67 bits per heavy atom. The number of hydrogen-bond acceptors (Lipinski definition) is 5. The van der Waals surface area contributed by atoms with Gasteiger partial charge in [-0.2, -0.15) is 4.31 Å². The molecule has 1 aliphatic heterocycles. The SMILES string of the molecule is Cc1c([N+](=O)[O-])cccc1S(=O)(=O)N1CCC(N)C(C)C1. The van der Waals surface area contributed by atoms with Crippen LogP contribution in [0.1, 0.15) is 18.9 Å². The summed E-state index contributed by atoms with van der Waals surface area (Å²) < 4.78 is 26.8. The van der Waals surface area contributed by atoms with Crippen molar-refractivity contribution in [1.82, 2.24) is 4.31 Å². The van der Waals surface area contributed by atoms with Crippen molar-refractivity contribution in [3.8, 4) is 0 Å². The lowest BCUT2D eigenvalue weighted by Crippen LogP contribution is -2.48. The zero-order valence-corrected chi connectivity index (χ0v) is 12.8. The van der Waals surface area contributed by atoms with Gasteiger partial charge in [-0.25, -0.2) is 8.42 Å². The van der Waals surface area contributed by atoms with Crippen LogP contribution >= 0.6 is 0 Å². The maximum absolute atomic E-state index is 12.7. The maximum atomic E-state index is 12.7. The third-order valence-corrected chi connectivity index (χ3v) is 6.01. The number of piperidine rings is 1. The van der Waals surface area contributed by atoms with Crippen molar-refractivity contribution >= 4 is 15.7 Å². The Morgan fingerprint density at radius 2 is 2.10 bits per heavy atom. The van der Waals surface area contributed by atoms with Gasteiger partial charge in [-0.05, 0) is 25.3 Å². The predicted molar refractivity (Wildman–Crippen MR) is 78.3 cm³/mol. The largest absolute Gasteiger partial charge is 0.327 e. The number of rotatable bonds is 3. The standard InChI is InChI=1S/C13H19N3O4S/c1-9-8-15(7-6-11(9)14)21(19,20)13-5-3-4-12(10(13)2)16(17)18/h3-5,9,11H,6-8,14H2,1-2H3. The van der Waals surface area contributed by atoms with Gasteiger partial charge in [-0.1, -0.05) is 13.0 Å². The lowest BCUT2D eigenvalue weighted by molar-refractivity contribution is -0.385. The molecule has 21 heavy (non-hydrogen) atoms. The van der Waals surface area contributed by atoms with Crippen molar-refractivity contribution < 1.29 is 13.3 Å². The van der Waals surface area contributed by atoms with Gasteiger partial charge in [-0.3, -0.25) is 10.1 Å². The van der Waals surface area contributed by atoms with E-state index in [1.54, 1.807) is 0 Å². The highest BCUT2D eigenvalue weighted by atomic mass is 32.2. The first-order valence-corrected chi connectivity index (χ1v) is 8.19. The molecule has 116 valence electrons. The average molecular weight is 313 g/mol. The number of nitrogens with two attached hydrogens (primary N) is 1. The summed E-state index contributed by atoms with van der Waals surface area (Å²) in [6.07, 6.45) is 0.592. The molecule has 0 aromatic heterocycles. The highest BCUT2D eigenvalue weighted by molar-refractivity contribution is 7.89. The minimum Gasteiger partial charge on any atom is -0.327 e. The van der Waals surface area contributed by atoms with Gasteiger partial charge in [0.25, 0.3) is 5.69 Å². The second-order valence-electron chi connectivity index (χ2n) is 5.45. The number of hydrogen-bond donors (Lipinski definition) is 1. The Morgan fingerprint density at radius 1 is 1.43 bits per heavy atom. The smallest absolute Gasteiger partial charge is 0.273 e. The first-order chi connectivity index (χ1) is 9.75. The van der Waals surface area contributed by atoms with Gasteiger partial charge >= 0.3 is 0 Å². The van der Waals surface area contributed by atoms with Crippen molar-refractivity contribution in [3.05, 3.63) is 33.9 Å². The Hall–Kier alpha value is -1.51. The van der Waals surface area contributed by atoms with E-state index in [1.807, 2.05) is 6.92 Å². The molecule has 0 spiro atoms. The molecule has 0 aliphatic carbocycles. The highest BCUT2D eigenvalue weighted by Gasteiger charge is 2.34. The summed E-state index contributed by atoms with van der Waals surface area (Å²) in [5.41, 5.74) is 5.89. The lowest BCUT2D eigenvalue weighted by Gasteiger charge is -2.34. The van der Waals surface area contributed by atoms with Crippen molar-refractivity contribution in [2.24, 2.45) is 11.7 Å². The van der Waals surface area contributed by atoms with Gasteiger partial charge in [0.2, 0.25) is 10.0 Å². The van der Waals surface area contributed by atoms with Gasteiger partial charge < -0.3 is 5.73 Å². The van der Waals surface area contributed by atoms with Crippen LogP contribution in [0.15, 0.2) is 23.1 Å². The number of benzene rings is 1. The first-order valence-electron chi connectivity index (χ1n) is 6.75. The quantitative estimate of drug-likeness (QED) is 0.668. The molecule has 1 fully saturated rings. The first kappa shape index (κ1) is 15.9. The Bertz CT molecular complexity index is 659. The van der Waals surface area contributed by atoms with Crippen LogP contribution in [0.25, 0.3) is 0 Å². The van der Waals surface area contributed by atoms with E-state index in [1.165, 1.54) is 29.4 Å². The van der Waals surface area contributed by atoms with Crippen LogP contribution in [0.5, 0.6) is 0 Å².